The summed E-state index contributed by atoms with van der Waals surface area (Å²) >= 11 is 0. The fourth-order valence-corrected chi connectivity index (χ4v) is 2.93. The summed E-state index contributed by atoms with van der Waals surface area (Å²) < 4.78 is 0. The summed E-state index contributed by atoms with van der Waals surface area (Å²) in [4.78, 5) is 14.3. The Labute approximate surface area is 103 Å². The van der Waals surface area contributed by atoms with Crippen molar-refractivity contribution in [1.29, 1.82) is 0 Å². The van der Waals surface area contributed by atoms with E-state index in [1.165, 1.54) is 0 Å². The molecule has 0 saturated carbocycles. The van der Waals surface area contributed by atoms with Crippen LogP contribution in [0.15, 0.2) is 0 Å². The Hall–Kier alpha value is -0.610. The van der Waals surface area contributed by atoms with Crippen LogP contribution < -0.4 is 5.32 Å². The number of aliphatic hydroxyl groups excluding tert-OH is 1. The van der Waals surface area contributed by atoms with Crippen LogP contribution in [-0.2, 0) is 4.79 Å². The molecule has 1 amide bonds. The molecule has 2 N–H and O–H groups in total. The number of hydrogen-bond acceptors (Lipinski definition) is 3. The van der Waals surface area contributed by atoms with E-state index in [1.807, 2.05) is 11.8 Å². The number of piperidine rings is 2. The van der Waals surface area contributed by atoms with E-state index < -0.39 is 0 Å². The topological polar surface area (TPSA) is 52.6 Å². The molecule has 0 spiro atoms. The molecule has 0 aromatic rings. The van der Waals surface area contributed by atoms with Gasteiger partial charge in [-0.2, -0.15) is 0 Å². The predicted molar refractivity (Wildman–Crippen MR) is 66.6 cm³/mol. The van der Waals surface area contributed by atoms with Gasteiger partial charge in [-0.3, -0.25) is 4.79 Å². The first-order valence-electron chi connectivity index (χ1n) is 6.86. The number of rotatable bonds is 2. The van der Waals surface area contributed by atoms with Gasteiger partial charge in [0.1, 0.15) is 0 Å². The average molecular weight is 240 g/mol. The van der Waals surface area contributed by atoms with Crippen molar-refractivity contribution in [3.05, 3.63) is 0 Å². The zero-order valence-corrected chi connectivity index (χ0v) is 10.7. The predicted octanol–water partition coefficient (Wildman–Crippen LogP) is 0.605. The maximum Gasteiger partial charge on any atom is 0.225 e. The zero-order chi connectivity index (χ0) is 12.3. The fraction of sp³-hybridized carbons (Fsp3) is 0.923. The SMILES string of the molecule is C[C@@H](O)C1CCN(C(=O)C2CCNCC2)CC1. The molecule has 2 fully saturated rings. The first kappa shape index (κ1) is 12.8. The van der Waals surface area contributed by atoms with Gasteiger partial charge in [-0.1, -0.05) is 0 Å². The Morgan fingerprint density at radius 3 is 2.35 bits per heavy atom. The number of likely N-dealkylation sites (tertiary alicyclic amines) is 1. The van der Waals surface area contributed by atoms with E-state index >= 15 is 0 Å². The number of amides is 1. The van der Waals surface area contributed by atoms with E-state index in [4.69, 9.17) is 0 Å². The van der Waals surface area contributed by atoms with Crippen molar-refractivity contribution >= 4 is 5.91 Å². The van der Waals surface area contributed by atoms with E-state index in [-0.39, 0.29) is 12.0 Å². The second-order valence-corrected chi connectivity index (χ2v) is 5.43. The molecule has 0 bridgehead atoms. The lowest BCUT2D eigenvalue weighted by Crippen LogP contribution is -2.45. The molecular weight excluding hydrogens is 216 g/mol. The Kier molecular flexibility index (Phi) is 4.40. The maximum absolute atomic E-state index is 12.3. The van der Waals surface area contributed by atoms with E-state index in [1.54, 1.807) is 0 Å². The molecule has 2 aliphatic rings. The van der Waals surface area contributed by atoms with Crippen LogP contribution in [0, 0.1) is 11.8 Å². The summed E-state index contributed by atoms with van der Waals surface area (Å²) in [5.41, 5.74) is 0. The summed E-state index contributed by atoms with van der Waals surface area (Å²) in [5, 5.41) is 12.8. The van der Waals surface area contributed by atoms with Gasteiger partial charge in [-0.05, 0) is 51.6 Å². The van der Waals surface area contributed by atoms with Crippen LogP contribution in [0.25, 0.3) is 0 Å². The highest BCUT2D eigenvalue weighted by Crippen LogP contribution is 2.23. The minimum absolute atomic E-state index is 0.230. The maximum atomic E-state index is 12.3. The van der Waals surface area contributed by atoms with Crippen LogP contribution in [0.3, 0.4) is 0 Å². The third kappa shape index (κ3) is 3.19. The number of nitrogens with one attached hydrogen (secondary N) is 1. The molecule has 2 saturated heterocycles. The van der Waals surface area contributed by atoms with Crippen molar-refractivity contribution in [3.8, 4) is 0 Å². The number of nitrogens with zero attached hydrogens (tertiary/aromatic N) is 1. The summed E-state index contributed by atoms with van der Waals surface area (Å²) in [6.45, 7) is 5.46. The van der Waals surface area contributed by atoms with Gasteiger partial charge in [-0.15, -0.1) is 0 Å². The van der Waals surface area contributed by atoms with Crippen LogP contribution in [0.2, 0.25) is 0 Å². The standard InChI is InChI=1S/C13H24N2O2/c1-10(16)11-4-8-15(9-5-11)13(17)12-2-6-14-7-3-12/h10-12,14,16H,2-9H2,1H3/t10-/m1/s1. The Morgan fingerprint density at radius 2 is 1.82 bits per heavy atom. The fourth-order valence-electron chi connectivity index (χ4n) is 2.93. The minimum Gasteiger partial charge on any atom is -0.393 e. The molecule has 1 atom stereocenters. The number of carbonyl (C=O) groups is 1. The van der Waals surface area contributed by atoms with Crippen molar-refractivity contribution < 1.29 is 9.90 Å². The summed E-state index contributed by atoms with van der Waals surface area (Å²) in [6.07, 6.45) is 3.64. The second-order valence-electron chi connectivity index (χ2n) is 5.43. The van der Waals surface area contributed by atoms with Crippen molar-refractivity contribution in [3.63, 3.8) is 0 Å². The molecule has 2 rings (SSSR count). The highest BCUT2D eigenvalue weighted by molar-refractivity contribution is 5.79. The molecule has 2 aliphatic heterocycles. The molecular formula is C13H24N2O2. The highest BCUT2D eigenvalue weighted by Gasteiger charge is 2.30. The van der Waals surface area contributed by atoms with Crippen molar-refractivity contribution in [2.75, 3.05) is 26.2 Å². The van der Waals surface area contributed by atoms with Crippen LogP contribution in [0.5, 0.6) is 0 Å². The summed E-state index contributed by atoms with van der Waals surface area (Å²) in [6, 6.07) is 0. The van der Waals surface area contributed by atoms with Gasteiger partial charge < -0.3 is 15.3 Å². The first-order valence-corrected chi connectivity index (χ1v) is 6.86. The molecule has 4 heteroatoms. The lowest BCUT2D eigenvalue weighted by Gasteiger charge is -2.36. The molecule has 0 radical (unpaired) electrons. The molecule has 4 nitrogen and oxygen atoms in total. The van der Waals surface area contributed by atoms with E-state index in [0.29, 0.717) is 11.8 Å². The van der Waals surface area contributed by atoms with Crippen LogP contribution in [0.1, 0.15) is 32.6 Å². The van der Waals surface area contributed by atoms with E-state index in [2.05, 4.69) is 5.32 Å². The Balaban J connectivity index is 1.81. The van der Waals surface area contributed by atoms with E-state index in [9.17, 15) is 9.90 Å². The molecule has 0 unspecified atom stereocenters. The number of hydrogen-bond donors (Lipinski definition) is 2. The number of aliphatic hydroxyl groups is 1. The molecule has 2 heterocycles. The van der Waals surface area contributed by atoms with Crippen LogP contribution in [-0.4, -0.2) is 48.2 Å². The van der Waals surface area contributed by atoms with Crippen molar-refractivity contribution in [2.24, 2.45) is 11.8 Å². The van der Waals surface area contributed by atoms with Crippen LogP contribution in [0.4, 0.5) is 0 Å². The van der Waals surface area contributed by atoms with Gasteiger partial charge in [0.25, 0.3) is 0 Å². The lowest BCUT2D eigenvalue weighted by molar-refractivity contribution is -0.138. The third-order valence-corrected chi connectivity index (χ3v) is 4.22. The quantitative estimate of drug-likeness (QED) is 0.743. The third-order valence-electron chi connectivity index (χ3n) is 4.22. The number of carbonyl (C=O) groups excluding carboxylic acids is 1. The van der Waals surface area contributed by atoms with Crippen molar-refractivity contribution in [2.45, 2.75) is 38.7 Å². The molecule has 98 valence electrons. The highest BCUT2D eigenvalue weighted by atomic mass is 16.3. The average Bonchev–Trinajstić information content (AvgIpc) is 2.39. The van der Waals surface area contributed by atoms with Gasteiger partial charge in [0.2, 0.25) is 5.91 Å². The van der Waals surface area contributed by atoms with Crippen molar-refractivity contribution in [1.82, 2.24) is 10.2 Å². The Bertz CT molecular complexity index is 254. The first-order chi connectivity index (χ1) is 8.18. The summed E-state index contributed by atoms with van der Waals surface area (Å²) in [5.74, 6) is 0.960. The normalized spacial score (nSPS) is 25.9. The van der Waals surface area contributed by atoms with E-state index in [0.717, 1.165) is 51.9 Å². The minimum atomic E-state index is -0.230. The van der Waals surface area contributed by atoms with Gasteiger partial charge in [0.15, 0.2) is 0 Å². The smallest absolute Gasteiger partial charge is 0.225 e. The van der Waals surface area contributed by atoms with Gasteiger partial charge >= 0.3 is 0 Å². The lowest BCUT2D eigenvalue weighted by atomic mass is 9.90. The molecule has 0 aromatic carbocycles. The van der Waals surface area contributed by atoms with Gasteiger partial charge in [-0.25, -0.2) is 0 Å². The largest absolute Gasteiger partial charge is 0.393 e. The van der Waals surface area contributed by atoms with Crippen LogP contribution >= 0.6 is 0 Å². The Morgan fingerprint density at radius 1 is 1.24 bits per heavy atom. The monoisotopic (exact) mass is 240 g/mol. The summed E-state index contributed by atoms with van der Waals surface area (Å²) in [7, 11) is 0. The second kappa shape index (κ2) is 5.83. The zero-order valence-electron chi connectivity index (χ0n) is 10.7. The molecule has 0 aliphatic carbocycles. The van der Waals surface area contributed by atoms with Gasteiger partial charge in [0, 0.05) is 19.0 Å². The molecule has 17 heavy (non-hydrogen) atoms. The van der Waals surface area contributed by atoms with Gasteiger partial charge in [0.05, 0.1) is 6.10 Å². The molecule has 0 aromatic heterocycles.